The van der Waals surface area contributed by atoms with E-state index in [0.717, 1.165) is 13.0 Å². The van der Waals surface area contributed by atoms with E-state index in [1.165, 1.54) is 5.56 Å². The molecule has 0 aromatic carbocycles. The minimum absolute atomic E-state index is 0.476. The van der Waals surface area contributed by atoms with E-state index >= 15 is 0 Å². The number of ether oxygens (including phenoxy) is 1. The van der Waals surface area contributed by atoms with Gasteiger partial charge in [-0.15, -0.1) is 0 Å². The first-order valence-corrected chi connectivity index (χ1v) is 3.45. The Kier molecular flexibility index (Phi) is 1.40. The van der Waals surface area contributed by atoms with Crippen LogP contribution in [0.5, 0.6) is 0 Å². The molecule has 0 amide bonds. The van der Waals surface area contributed by atoms with Crippen molar-refractivity contribution >= 4 is 0 Å². The molecule has 1 aromatic rings. The summed E-state index contributed by atoms with van der Waals surface area (Å²) in [4.78, 5) is 4.01. The van der Waals surface area contributed by atoms with Crippen molar-refractivity contribution in [2.24, 2.45) is 0 Å². The van der Waals surface area contributed by atoms with Crippen LogP contribution < -0.4 is 0 Å². The Morgan fingerprint density at radius 1 is 1.70 bits per heavy atom. The molecular formula is C8H9NO. The first-order chi connectivity index (χ1) is 4.95. The molecule has 2 heterocycles. The van der Waals surface area contributed by atoms with Gasteiger partial charge in [-0.2, -0.15) is 0 Å². The Labute approximate surface area is 59.9 Å². The molecule has 0 saturated carbocycles. The molecule has 2 heteroatoms. The summed E-state index contributed by atoms with van der Waals surface area (Å²) in [6.45, 7) is 0.925. The van der Waals surface area contributed by atoms with E-state index < -0.39 is 0 Å². The Balaban J connectivity index is 2.03. The van der Waals surface area contributed by atoms with E-state index in [0.29, 0.717) is 6.10 Å². The van der Waals surface area contributed by atoms with E-state index in [1.54, 1.807) is 6.20 Å². The van der Waals surface area contributed by atoms with Crippen LogP contribution in [0, 0.1) is 0 Å². The summed E-state index contributed by atoms with van der Waals surface area (Å²) >= 11 is 0. The van der Waals surface area contributed by atoms with Crippen LogP contribution in [-0.4, -0.2) is 17.7 Å². The van der Waals surface area contributed by atoms with E-state index in [1.807, 2.05) is 12.3 Å². The molecule has 52 valence electrons. The minimum atomic E-state index is 0.476. The summed E-state index contributed by atoms with van der Waals surface area (Å²) in [6, 6.07) is 4.03. The Morgan fingerprint density at radius 2 is 2.60 bits per heavy atom. The summed E-state index contributed by atoms with van der Waals surface area (Å²) < 4.78 is 5.08. The zero-order chi connectivity index (χ0) is 6.81. The third-order valence-corrected chi connectivity index (χ3v) is 1.59. The summed E-state index contributed by atoms with van der Waals surface area (Å²) in [5, 5.41) is 0. The summed E-state index contributed by atoms with van der Waals surface area (Å²) in [7, 11) is 0. The molecule has 1 aromatic heterocycles. The number of rotatable bonds is 2. The van der Waals surface area contributed by atoms with Crippen molar-refractivity contribution in [1.29, 1.82) is 0 Å². The number of epoxide rings is 1. The molecule has 2 nitrogen and oxygen atoms in total. The second-order valence-electron chi connectivity index (χ2n) is 2.52. The predicted octanol–water partition coefficient (Wildman–Crippen LogP) is 1.02. The number of hydrogen-bond acceptors (Lipinski definition) is 2. The lowest BCUT2D eigenvalue weighted by Crippen LogP contribution is -1.92. The Hall–Kier alpha value is -0.890. The van der Waals surface area contributed by atoms with Crippen LogP contribution in [0.2, 0.25) is 0 Å². The fraction of sp³-hybridized carbons (Fsp3) is 0.375. The summed E-state index contributed by atoms with van der Waals surface area (Å²) in [6.07, 6.45) is 5.18. The minimum Gasteiger partial charge on any atom is -0.373 e. The average molecular weight is 135 g/mol. The molecule has 0 spiro atoms. The highest BCUT2D eigenvalue weighted by Gasteiger charge is 2.22. The maximum atomic E-state index is 5.08. The standard InChI is InChI=1S/C8H9NO/c1-2-7(5-9-3-1)4-8-6-10-8/h1-3,5,8H,4,6H2. The summed E-state index contributed by atoms with van der Waals surface area (Å²) in [5.41, 5.74) is 1.27. The number of nitrogens with zero attached hydrogens (tertiary/aromatic N) is 1. The summed E-state index contributed by atoms with van der Waals surface area (Å²) in [5.74, 6) is 0. The van der Waals surface area contributed by atoms with Crippen molar-refractivity contribution in [3.05, 3.63) is 30.1 Å². The predicted molar refractivity (Wildman–Crippen MR) is 37.7 cm³/mol. The Bertz CT molecular complexity index is 206. The SMILES string of the molecule is c1cncc(CC2CO2)c1. The average Bonchev–Trinajstić information content (AvgIpc) is 2.74. The van der Waals surface area contributed by atoms with Gasteiger partial charge in [0.2, 0.25) is 0 Å². The van der Waals surface area contributed by atoms with Gasteiger partial charge in [0.05, 0.1) is 12.7 Å². The van der Waals surface area contributed by atoms with Crippen molar-refractivity contribution in [2.75, 3.05) is 6.61 Å². The maximum Gasteiger partial charge on any atom is 0.0850 e. The smallest absolute Gasteiger partial charge is 0.0850 e. The van der Waals surface area contributed by atoms with Crippen molar-refractivity contribution in [3.63, 3.8) is 0 Å². The molecular weight excluding hydrogens is 126 g/mol. The van der Waals surface area contributed by atoms with Crippen LogP contribution in [-0.2, 0) is 11.2 Å². The van der Waals surface area contributed by atoms with Gasteiger partial charge in [-0.05, 0) is 11.6 Å². The van der Waals surface area contributed by atoms with Gasteiger partial charge < -0.3 is 4.74 Å². The van der Waals surface area contributed by atoms with Gasteiger partial charge in [-0.25, -0.2) is 0 Å². The van der Waals surface area contributed by atoms with Crippen molar-refractivity contribution < 1.29 is 4.74 Å². The second kappa shape index (κ2) is 2.39. The number of hydrogen-bond donors (Lipinski definition) is 0. The number of aromatic nitrogens is 1. The van der Waals surface area contributed by atoms with Gasteiger partial charge in [0.25, 0.3) is 0 Å². The lowest BCUT2D eigenvalue weighted by molar-refractivity contribution is 0.407. The monoisotopic (exact) mass is 135 g/mol. The van der Waals surface area contributed by atoms with Crippen molar-refractivity contribution in [2.45, 2.75) is 12.5 Å². The molecule has 2 rings (SSSR count). The molecule has 1 fully saturated rings. The van der Waals surface area contributed by atoms with Gasteiger partial charge in [-0.3, -0.25) is 4.98 Å². The van der Waals surface area contributed by atoms with Crippen LogP contribution in [0.3, 0.4) is 0 Å². The molecule has 0 bridgehead atoms. The molecule has 0 aliphatic carbocycles. The largest absolute Gasteiger partial charge is 0.373 e. The molecule has 1 unspecified atom stereocenters. The highest BCUT2D eigenvalue weighted by molar-refractivity contribution is 5.10. The zero-order valence-electron chi connectivity index (χ0n) is 5.66. The second-order valence-corrected chi connectivity index (χ2v) is 2.52. The van der Waals surface area contributed by atoms with Gasteiger partial charge in [0, 0.05) is 18.8 Å². The normalized spacial score (nSPS) is 22.6. The van der Waals surface area contributed by atoms with Crippen molar-refractivity contribution in [3.8, 4) is 0 Å². The van der Waals surface area contributed by atoms with Crippen LogP contribution in [0.15, 0.2) is 24.5 Å². The van der Waals surface area contributed by atoms with Gasteiger partial charge in [-0.1, -0.05) is 6.07 Å². The van der Waals surface area contributed by atoms with Crippen LogP contribution in [0.1, 0.15) is 5.56 Å². The highest BCUT2D eigenvalue weighted by Crippen LogP contribution is 2.14. The van der Waals surface area contributed by atoms with Crippen LogP contribution >= 0.6 is 0 Å². The number of pyridine rings is 1. The van der Waals surface area contributed by atoms with Crippen molar-refractivity contribution in [1.82, 2.24) is 4.98 Å². The molecule has 0 radical (unpaired) electrons. The molecule has 0 N–H and O–H groups in total. The Morgan fingerprint density at radius 3 is 3.20 bits per heavy atom. The topological polar surface area (TPSA) is 25.4 Å². The fourth-order valence-electron chi connectivity index (χ4n) is 0.968. The van der Waals surface area contributed by atoms with Crippen LogP contribution in [0.25, 0.3) is 0 Å². The first kappa shape index (κ1) is 5.86. The van der Waals surface area contributed by atoms with E-state index in [2.05, 4.69) is 11.1 Å². The fourth-order valence-corrected chi connectivity index (χ4v) is 0.968. The van der Waals surface area contributed by atoms with Gasteiger partial charge in [0.15, 0.2) is 0 Å². The lowest BCUT2D eigenvalue weighted by Gasteiger charge is -1.93. The van der Waals surface area contributed by atoms with Crippen LogP contribution in [0.4, 0.5) is 0 Å². The maximum absolute atomic E-state index is 5.08. The third kappa shape index (κ3) is 1.33. The quantitative estimate of drug-likeness (QED) is 0.566. The molecule has 1 aliphatic heterocycles. The molecule has 1 atom stereocenters. The molecule has 10 heavy (non-hydrogen) atoms. The van der Waals surface area contributed by atoms with E-state index in [4.69, 9.17) is 4.74 Å². The third-order valence-electron chi connectivity index (χ3n) is 1.59. The molecule has 1 aliphatic rings. The lowest BCUT2D eigenvalue weighted by atomic mass is 10.2. The van der Waals surface area contributed by atoms with Gasteiger partial charge in [0.1, 0.15) is 0 Å². The highest BCUT2D eigenvalue weighted by atomic mass is 16.6. The van der Waals surface area contributed by atoms with E-state index in [-0.39, 0.29) is 0 Å². The first-order valence-electron chi connectivity index (χ1n) is 3.45. The molecule has 1 saturated heterocycles. The van der Waals surface area contributed by atoms with E-state index in [9.17, 15) is 0 Å². The zero-order valence-corrected chi connectivity index (χ0v) is 5.66. The van der Waals surface area contributed by atoms with Gasteiger partial charge >= 0.3 is 0 Å².